The van der Waals surface area contributed by atoms with Gasteiger partial charge in [0, 0.05) is 0 Å². The second-order valence-corrected chi connectivity index (χ2v) is 6.14. The summed E-state index contributed by atoms with van der Waals surface area (Å²) in [6.07, 6.45) is 7.38. The Kier molecular flexibility index (Phi) is 18.2. The summed E-state index contributed by atoms with van der Waals surface area (Å²) in [6.45, 7) is 2.09. The molecular weight excluding hydrogens is 302 g/mol. The molecule has 0 aliphatic carbocycles. The molecule has 0 aromatic heterocycles. The average molecular weight is 322 g/mol. The van der Waals surface area contributed by atoms with Crippen LogP contribution in [0.4, 0.5) is 0 Å². The molecule has 0 aromatic carbocycles. The Morgan fingerprint density at radius 1 is 1.00 bits per heavy atom. The minimum atomic E-state index is -4.62. The minimum absolute atomic E-state index is 0. The van der Waals surface area contributed by atoms with Gasteiger partial charge in [0.15, 0.2) is 0 Å². The molecule has 0 amide bonds. The van der Waals surface area contributed by atoms with Crippen molar-refractivity contribution >= 4 is 22.7 Å². The van der Waals surface area contributed by atoms with E-state index in [1.54, 1.807) is 0 Å². The fraction of sp³-hybridized carbons (Fsp3) is 0.833. The first kappa shape index (κ1) is 26.2. The standard InChI is InChI=1S/C12H20O5S.2Na/c1-2-3-4-5-6-7-8-12(11-14,9-10-13)18(15,16)17;;/h2-9H2,1H3,(H,15,16,17);;/q-2;2*+1. The summed E-state index contributed by atoms with van der Waals surface area (Å²) < 4.78 is 29.2. The van der Waals surface area contributed by atoms with Gasteiger partial charge in [-0.05, 0) is 4.75 Å². The van der Waals surface area contributed by atoms with Crippen LogP contribution in [0.5, 0.6) is 0 Å². The van der Waals surface area contributed by atoms with Crippen molar-refractivity contribution in [3.63, 3.8) is 0 Å². The van der Waals surface area contributed by atoms with Gasteiger partial charge < -0.3 is 9.59 Å². The van der Waals surface area contributed by atoms with Gasteiger partial charge in [0.05, 0.1) is 0 Å². The van der Waals surface area contributed by atoms with Gasteiger partial charge in [0.1, 0.15) is 0 Å². The Morgan fingerprint density at radius 2 is 1.50 bits per heavy atom. The summed E-state index contributed by atoms with van der Waals surface area (Å²) >= 11 is 0. The van der Waals surface area contributed by atoms with E-state index in [1.165, 1.54) is 12.6 Å². The van der Waals surface area contributed by atoms with E-state index >= 15 is 0 Å². The molecule has 0 saturated carbocycles. The van der Waals surface area contributed by atoms with E-state index in [-0.39, 0.29) is 65.5 Å². The normalized spacial score (nSPS) is 13.5. The molecule has 1 atom stereocenters. The van der Waals surface area contributed by atoms with Crippen LogP contribution < -0.4 is 59.1 Å². The Bertz CT molecular complexity index is 359. The van der Waals surface area contributed by atoms with Crippen molar-refractivity contribution in [1.29, 1.82) is 0 Å². The van der Waals surface area contributed by atoms with Crippen molar-refractivity contribution in [3.8, 4) is 0 Å². The van der Waals surface area contributed by atoms with Crippen LogP contribution in [0.15, 0.2) is 0 Å². The van der Waals surface area contributed by atoms with Crippen LogP contribution in [-0.2, 0) is 19.7 Å². The Hall–Kier alpha value is 1.25. The number of hydrogen-bond donors (Lipinski definition) is 1. The molecule has 20 heavy (non-hydrogen) atoms. The van der Waals surface area contributed by atoms with E-state index in [9.17, 15) is 18.0 Å². The predicted molar refractivity (Wildman–Crippen MR) is 68.3 cm³/mol. The van der Waals surface area contributed by atoms with Crippen LogP contribution in [0, 0.1) is 0 Å². The number of carbonyl (C=O) groups excluding carboxylic acids is 2. The van der Waals surface area contributed by atoms with Gasteiger partial charge >= 0.3 is 59.1 Å². The van der Waals surface area contributed by atoms with Crippen LogP contribution in [0.2, 0.25) is 0 Å². The maximum atomic E-state index is 11.2. The third-order valence-electron chi connectivity index (χ3n) is 2.97. The fourth-order valence-electron chi connectivity index (χ4n) is 1.76. The smallest absolute Gasteiger partial charge is 0.542 e. The summed E-state index contributed by atoms with van der Waals surface area (Å²) in [5.74, 6) is 0. The Labute approximate surface area is 166 Å². The molecule has 5 nitrogen and oxygen atoms in total. The zero-order valence-electron chi connectivity index (χ0n) is 12.6. The quantitative estimate of drug-likeness (QED) is 0.181. The zero-order valence-corrected chi connectivity index (χ0v) is 17.5. The van der Waals surface area contributed by atoms with Crippen molar-refractivity contribution < 1.29 is 81.7 Å². The maximum absolute atomic E-state index is 11.2. The summed E-state index contributed by atoms with van der Waals surface area (Å²) in [5, 5.41) is 0. The zero-order chi connectivity index (χ0) is 14.1. The van der Waals surface area contributed by atoms with E-state index in [0.717, 1.165) is 32.1 Å². The van der Waals surface area contributed by atoms with Crippen LogP contribution in [0.1, 0.15) is 58.3 Å². The number of rotatable bonds is 11. The molecular formula is C12H20Na2O5S. The summed E-state index contributed by atoms with van der Waals surface area (Å²) in [7, 11) is -4.62. The second-order valence-electron chi connectivity index (χ2n) is 4.41. The monoisotopic (exact) mass is 322 g/mol. The van der Waals surface area contributed by atoms with E-state index in [1.807, 2.05) is 0 Å². The molecule has 0 heterocycles. The Morgan fingerprint density at radius 3 is 1.90 bits per heavy atom. The van der Waals surface area contributed by atoms with Crippen molar-refractivity contribution in [2.24, 2.45) is 0 Å². The molecule has 0 radical (unpaired) electrons. The van der Waals surface area contributed by atoms with Gasteiger partial charge in [-0.25, -0.2) is 14.7 Å². The fourth-order valence-corrected chi connectivity index (χ4v) is 2.50. The van der Waals surface area contributed by atoms with Gasteiger partial charge in [0.2, 0.25) is 10.1 Å². The van der Waals surface area contributed by atoms with E-state index in [2.05, 4.69) is 6.92 Å². The van der Waals surface area contributed by atoms with Crippen LogP contribution in [0.3, 0.4) is 0 Å². The summed E-state index contributed by atoms with van der Waals surface area (Å²) in [4.78, 5) is 21.1. The molecule has 0 aliphatic heterocycles. The van der Waals surface area contributed by atoms with E-state index in [4.69, 9.17) is 4.55 Å². The molecule has 0 bridgehead atoms. The summed E-state index contributed by atoms with van der Waals surface area (Å²) in [5.41, 5.74) is 0. The first-order chi connectivity index (χ1) is 8.43. The average Bonchev–Trinajstić information content (AvgIpc) is 2.30. The first-order valence-electron chi connectivity index (χ1n) is 6.15. The minimum Gasteiger partial charge on any atom is -0.542 e. The topological polar surface area (TPSA) is 88.5 Å². The summed E-state index contributed by atoms with van der Waals surface area (Å²) in [6, 6.07) is 0. The predicted octanol–water partition coefficient (Wildman–Crippen LogP) is -4.02. The molecule has 0 saturated heterocycles. The van der Waals surface area contributed by atoms with Gasteiger partial charge in [-0.2, -0.15) is 6.42 Å². The van der Waals surface area contributed by atoms with E-state index in [0.29, 0.717) is 6.42 Å². The second kappa shape index (κ2) is 13.9. The third kappa shape index (κ3) is 9.30. The van der Waals surface area contributed by atoms with Crippen LogP contribution in [-0.4, -0.2) is 30.3 Å². The molecule has 106 valence electrons. The van der Waals surface area contributed by atoms with Crippen LogP contribution in [0.25, 0.3) is 0 Å². The molecule has 0 rings (SSSR count). The van der Waals surface area contributed by atoms with Crippen LogP contribution >= 0.6 is 0 Å². The molecule has 0 fully saturated rings. The van der Waals surface area contributed by atoms with Crippen molar-refractivity contribution in [2.75, 3.05) is 0 Å². The van der Waals surface area contributed by atoms with Crippen molar-refractivity contribution in [2.45, 2.75) is 63.0 Å². The van der Waals surface area contributed by atoms with E-state index < -0.39 is 21.3 Å². The van der Waals surface area contributed by atoms with Crippen molar-refractivity contribution in [1.82, 2.24) is 0 Å². The first-order valence-corrected chi connectivity index (χ1v) is 7.59. The molecule has 1 N–H and O–H groups in total. The number of unbranched alkanes of at least 4 members (excludes halogenated alkanes) is 5. The van der Waals surface area contributed by atoms with Gasteiger partial charge in [-0.15, -0.1) is 0 Å². The molecule has 0 aliphatic rings. The van der Waals surface area contributed by atoms with Crippen molar-refractivity contribution in [3.05, 3.63) is 0 Å². The Balaban J connectivity index is -0.00000144. The molecule has 8 heteroatoms. The molecule has 0 spiro atoms. The van der Waals surface area contributed by atoms with Gasteiger partial charge in [0.25, 0.3) is 0 Å². The van der Waals surface area contributed by atoms with Gasteiger partial charge in [-0.1, -0.05) is 51.9 Å². The SMILES string of the molecule is CCCCCCCCC([C-]=O)(C[C-]=O)S(=O)(=O)O.[Na+].[Na+]. The maximum Gasteiger partial charge on any atom is 1.00 e. The number of hydrogen-bond acceptors (Lipinski definition) is 4. The van der Waals surface area contributed by atoms with Gasteiger partial charge in [-0.3, -0.25) is 10.8 Å². The largest absolute Gasteiger partial charge is 1.00 e. The third-order valence-corrected chi connectivity index (χ3v) is 4.39. The molecule has 0 aromatic rings. The molecule has 1 unspecified atom stereocenters.